The van der Waals surface area contributed by atoms with Crippen LogP contribution in [0, 0.1) is 0 Å². The highest BCUT2D eigenvalue weighted by Crippen LogP contribution is 2.37. The van der Waals surface area contributed by atoms with Crippen LogP contribution < -0.4 is 10.4 Å². The summed E-state index contributed by atoms with van der Waals surface area (Å²) in [6, 6.07) is 20.9. The second-order valence-electron chi connectivity index (χ2n) is 7.87. The van der Waals surface area contributed by atoms with Crippen LogP contribution in [0.5, 0.6) is 0 Å². The van der Waals surface area contributed by atoms with E-state index in [9.17, 15) is 4.79 Å². The van der Waals surface area contributed by atoms with Crippen molar-refractivity contribution in [1.82, 2.24) is 5.06 Å². The number of hydrogen-bond acceptors (Lipinski definition) is 3. The molecule has 0 spiro atoms. The molecule has 1 atom stereocenters. The van der Waals surface area contributed by atoms with E-state index < -0.39 is 8.32 Å². The van der Waals surface area contributed by atoms with Crippen LogP contribution in [0.2, 0.25) is 5.04 Å². The summed E-state index contributed by atoms with van der Waals surface area (Å²) in [5, 5.41) is 3.57. The van der Waals surface area contributed by atoms with Crippen molar-refractivity contribution in [3.05, 3.63) is 60.7 Å². The Hall–Kier alpha value is -1.95. The number of carbonyl (C=O) groups excluding carboxylic acids is 1. The topological polar surface area (TPSA) is 38.8 Å². The summed E-state index contributed by atoms with van der Waals surface area (Å²) in [5.41, 5.74) is 0. The van der Waals surface area contributed by atoms with Crippen molar-refractivity contribution in [1.29, 1.82) is 0 Å². The Kier molecular flexibility index (Phi) is 6.98. The molecule has 0 heterocycles. The molecule has 0 bridgehead atoms. The van der Waals surface area contributed by atoms with Gasteiger partial charge in [0.15, 0.2) is 0 Å². The van der Waals surface area contributed by atoms with Crippen LogP contribution in [0.25, 0.3) is 0 Å². The maximum absolute atomic E-state index is 12.3. The van der Waals surface area contributed by atoms with Crippen LogP contribution in [0.1, 0.15) is 34.1 Å². The van der Waals surface area contributed by atoms with Crippen molar-refractivity contribution >= 4 is 24.6 Å². The third-order valence-electron chi connectivity index (χ3n) is 4.88. The summed E-state index contributed by atoms with van der Waals surface area (Å²) in [6.07, 6.45) is 0.0378. The molecule has 0 saturated carbocycles. The number of nitrogens with zero attached hydrogens (tertiary/aromatic N) is 1. The molecule has 0 N–H and O–H groups in total. The van der Waals surface area contributed by atoms with Gasteiger partial charge < -0.3 is 4.43 Å². The zero-order valence-corrected chi connectivity index (χ0v) is 18.2. The lowest BCUT2D eigenvalue weighted by atomic mass is 10.2. The Bertz CT molecular complexity index is 689. The highest BCUT2D eigenvalue weighted by Gasteiger charge is 2.51. The Morgan fingerprint density at radius 1 is 1.00 bits per heavy atom. The maximum Gasteiger partial charge on any atom is 0.261 e. The molecule has 2 aromatic carbocycles. The van der Waals surface area contributed by atoms with Crippen LogP contribution in [-0.4, -0.2) is 39.5 Å². The van der Waals surface area contributed by atoms with Crippen LogP contribution in [-0.2, 0) is 14.1 Å². The van der Waals surface area contributed by atoms with Gasteiger partial charge in [-0.2, -0.15) is 0 Å². The summed E-state index contributed by atoms with van der Waals surface area (Å²) in [6.45, 7) is 8.67. The van der Waals surface area contributed by atoms with Gasteiger partial charge in [0.25, 0.3) is 8.32 Å². The maximum atomic E-state index is 12.3. The highest BCUT2D eigenvalue weighted by atomic mass is 28.4. The lowest BCUT2D eigenvalue weighted by Crippen LogP contribution is -2.67. The summed E-state index contributed by atoms with van der Waals surface area (Å²) in [5.74, 6) is -0.0945. The molecule has 27 heavy (non-hydrogen) atoms. The van der Waals surface area contributed by atoms with Crippen molar-refractivity contribution in [3.63, 3.8) is 0 Å². The van der Waals surface area contributed by atoms with Crippen LogP contribution in [0.15, 0.2) is 60.7 Å². The third kappa shape index (κ3) is 4.67. The Labute approximate surface area is 164 Å². The fourth-order valence-electron chi connectivity index (χ4n) is 3.51. The first kappa shape index (κ1) is 21.3. The number of hydrogen-bond donors (Lipinski definition) is 0. The van der Waals surface area contributed by atoms with Gasteiger partial charge in [0, 0.05) is 7.05 Å². The minimum atomic E-state index is -2.64. The molecule has 2 aromatic rings. The highest BCUT2D eigenvalue weighted by molar-refractivity contribution is 6.99. The van der Waals surface area contributed by atoms with Crippen molar-refractivity contribution < 1.29 is 14.1 Å². The minimum Gasteiger partial charge on any atom is -0.404 e. The monoisotopic (exact) mass is 385 g/mol. The molecule has 0 saturated heterocycles. The number of rotatable bonds is 7. The SMILES string of the molecule is CON(C)C(=O)C[C@@H](C)O[Si](c1ccccc1)(c1ccccc1)C(C)(C)C. The minimum absolute atomic E-state index is 0.0945. The Morgan fingerprint density at radius 3 is 1.81 bits per heavy atom. The molecular weight excluding hydrogens is 354 g/mol. The van der Waals surface area contributed by atoms with Crippen LogP contribution in [0.3, 0.4) is 0 Å². The zero-order chi connectivity index (χ0) is 20.1. The lowest BCUT2D eigenvalue weighted by molar-refractivity contribution is -0.170. The number of benzene rings is 2. The summed E-state index contributed by atoms with van der Waals surface area (Å²) in [7, 11) is 0.479. The zero-order valence-electron chi connectivity index (χ0n) is 17.2. The van der Waals surface area contributed by atoms with E-state index >= 15 is 0 Å². The number of hydroxylamine groups is 2. The molecule has 0 aromatic heterocycles. The quantitative estimate of drug-likeness (QED) is 0.542. The van der Waals surface area contributed by atoms with E-state index in [1.807, 2.05) is 19.1 Å². The van der Waals surface area contributed by atoms with E-state index in [1.54, 1.807) is 7.05 Å². The van der Waals surface area contributed by atoms with Crippen molar-refractivity contribution in [2.75, 3.05) is 14.2 Å². The molecule has 0 aliphatic carbocycles. The molecular formula is C22H31NO3Si. The predicted molar refractivity (Wildman–Crippen MR) is 113 cm³/mol. The predicted octanol–water partition coefficient (Wildman–Crippen LogP) is 3.36. The summed E-state index contributed by atoms with van der Waals surface area (Å²) < 4.78 is 6.88. The fourth-order valence-corrected chi connectivity index (χ4v) is 8.21. The molecule has 4 nitrogen and oxygen atoms in total. The third-order valence-corrected chi connectivity index (χ3v) is 10.0. The van der Waals surface area contributed by atoms with Gasteiger partial charge in [-0.05, 0) is 22.3 Å². The molecule has 0 aliphatic heterocycles. The van der Waals surface area contributed by atoms with E-state index in [2.05, 4.69) is 69.3 Å². The largest absolute Gasteiger partial charge is 0.404 e. The van der Waals surface area contributed by atoms with E-state index in [0.717, 1.165) is 0 Å². The van der Waals surface area contributed by atoms with Gasteiger partial charge in [0.05, 0.1) is 19.6 Å². The Morgan fingerprint density at radius 2 is 1.44 bits per heavy atom. The average Bonchev–Trinajstić information content (AvgIpc) is 2.65. The van der Waals surface area contributed by atoms with Gasteiger partial charge >= 0.3 is 0 Å². The van der Waals surface area contributed by atoms with Crippen molar-refractivity contribution in [3.8, 4) is 0 Å². The van der Waals surface area contributed by atoms with E-state index in [0.29, 0.717) is 0 Å². The average molecular weight is 386 g/mol. The van der Waals surface area contributed by atoms with Gasteiger partial charge in [0.1, 0.15) is 0 Å². The van der Waals surface area contributed by atoms with Gasteiger partial charge in [-0.25, -0.2) is 5.06 Å². The molecule has 2 rings (SSSR count). The Balaban J connectivity index is 2.51. The molecule has 0 aliphatic rings. The second-order valence-corrected chi connectivity index (χ2v) is 12.1. The normalized spacial score (nSPS) is 13.3. The molecule has 1 amide bonds. The van der Waals surface area contributed by atoms with E-state index in [4.69, 9.17) is 9.26 Å². The first-order valence-corrected chi connectivity index (χ1v) is 11.2. The van der Waals surface area contributed by atoms with Crippen LogP contribution in [0.4, 0.5) is 0 Å². The summed E-state index contributed by atoms with van der Waals surface area (Å²) in [4.78, 5) is 17.3. The lowest BCUT2D eigenvalue weighted by Gasteiger charge is -2.44. The van der Waals surface area contributed by atoms with Crippen LogP contribution >= 0.6 is 0 Å². The van der Waals surface area contributed by atoms with Gasteiger partial charge in [-0.15, -0.1) is 0 Å². The molecule has 0 radical (unpaired) electrons. The summed E-state index contributed by atoms with van der Waals surface area (Å²) >= 11 is 0. The van der Waals surface area contributed by atoms with Crippen molar-refractivity contribution in [2.45, 2.75) is 45.3 Å². The van der Waals surface area contributed by atoms with E-state index in [1.165, 1.54) is 22.5 Å². The molecule has 0 fully saturated rings. The first-order valence-electron chi connectivity index (χ1n) is 9.32. The van der Waals surface area contributed by atoms with Gasteiger partial charge in [-0.3, -0.25) is 9.63 Å². The first-order chi connectivity index (χ1) is 12.7. The second kappa shape index (κ2) is 8.82. The number of amides is 1. The fraction of sp³-hybridized carbons (Fsp3) is 0.409. The smallest absolute Gasteiger partial charge is 0.261 e. The van der Waals surface area contributed by atoms with Gasteiger partial charge in [-0.1, -0.05) is 81.4 Å². The number of carbonyl (C=O) groups is 1. The van der Waals surface area contributed by atoms with Gasteiger partial charge in [0.2, 0.25) is 5.91 Å². The van der Waals surface area contributed by atoms with Crippen molar-refractivity contribution in [2.24, 2.45) is 0 Å². The molecule has 0 unspecified atom stereocenters. The standard InChI is InChI=1S/C22H31NO3Si/c1-18(17-21(24)23(5)25-6)26-27(22(2,3)4,19-13-9-7-10-14-19)20-15-11-8-12-16-20/h7-16,18H,17H2,1-6H3/t18-/m1/s1. The molecule has 5 heteroatoms. The molecule has 146 valence electrons. The van der Waals surface area contributed by atoms with E-state index in [-0.39, 0.29) is 23.5 Å².